The summed E-state index contributed by atoms with van der Waals surface area (Å²) in [6.07, 6.45) is 7.03. The van der Waals surface area contributed by atoms with Crippen molar-refractivity contribution in [3.8, 4) is 6.07 Å². The number of rotatable bonds is 6. The Hall–Kier alpha value is -1.44. The van der Waals surface area contributed by atoms with Gasteiger partial charge in [-0.25, -0.2) is 0 Å². The number of hydrogen-bond donors (Lipinski definition) is 1. The average molecular weight is 286 g/mol. The second-order valence-electron chi connectivity index (χ2n) is 6.03. The molecule has 0 saturated heterocycles. The number of nitriles is 1. The zero-order valence-electron chi connectivity index (χ0n) is 13.2. The minimum Gasteiger partial charge on any atom is -0.303 e. The molecule has 0 spiro atoms. The molecule has 1 aromatic rings. The molecule has 1 saturated carbocycles. The smallest absolute Gasteiger partial charge is 0.108 e. The van der Waals surface area contributed by atoms with Gasteiger partial charge in [0.05, 0.1) is 6.07 Å². The molecule has 2 atom stereocenters. The second-order valence-corrected chi connectivity index (χ2v) is 6.03. The third kappa shape index (κ3) is 4.26. The number of likely N-dealkylation sites (N-methyl/N-ethyl adjacent to an activating group) is 1. The zero-order valence-corrected chi connectivity index (χ0v) is 13.2. The maximum Gasteiger partial charge on any atom is 0.108 e. The van der Waals surface area contributed by atoms with Gasteiger partial charge in [-0.1, -0.05) is 13.0 Å². The molecule has 0 aromatic carbocycles. The summed E-state index contributed by atoms with van der Waals surface area (Å²) in [6.45, 7) is 3.93. The predicted molar refractivity (Wildman–Crippen MR) is 84.8 cm³/mol. The van der Waals surface area contributed by atoms with Crippen molar-refractivity contribution in [2.24, 2.45) is 0 Å². The number of nitrogens with zero attached hydrogens (tertiary/aromatic N) is 3. The van der Waals surface area contributed by atoms with E-state index in [1.54, 1.807) is 0 Å². The van der Waals surface area contributed by atoms with E-state index in [0.717, 1.165) is 44.5 Å². The molecule has 1 fully saturated rings. The van der Waals surface area contributed by atoms with Crippen molar-refractivity contribution in [2.45, 2.75) is 50.6 Å². The van der Waals surface area contributed by atoms with E-state index < -0.39 is 0 Å². The normalized spacial score (nSPS) is 25.7. The van der Waals surface area contributed by atoms with Crippen molar-refractivity contribution >= 4 is 0 Å². The highest BCUT2D eigenvalue weighted by Gasteiger charge is 2.37. The largest absolute Gasteiger partial charge is 0.303 e. The Kier molecular flexibility index (Phi) is 5.72. The summed E-state index contributed by atoms with van der Waals surface area (Å²) in [5.74, 6) is 0. The summed E-state index contributed by atoms with van der Waals surface area (Å²) < 4.78 is 0. The first-order chi connectivity index (χ1) is 10.2. The third-order valence-corrected chi connectivity index (χ3v) is 4.52. The minimum atomic E-state index is -0.322. The highest BCUT2D eigenvalue weighted by molar-refractivity contribution is 5.11. The van der Waals surface area contributed by atoms with Gasteiger partial charge in [0.15, 0.2) is 0 Å². The van der Waals surface area contributed by atoms with E-state index in [1.165, 1.54) is 6.42 Å². The van der Waals surface area contributed by atoms with Gasteiger partial charge in [-0.3, -0.25) is 10.3 Å². The molecule has 1 aliphatic rings. The van der Waals surface area contributed by atoms with E-state index in [9.17, 15) is 5.26 Å². The Balaban J connectivity index is 1.90. The van der Waals surface area contributed by atoms with E-state index in [-0.39, 0.29) is 5.54 Å². The summed E-state index contributed by atoms with van der Waals surface area (Å²) >= 11 is 0. The summed E-state index contributed by atoms with van der Waals surface area (Å²) in [6, 6.07) is 9.08. The van der Waals surface area contributed by atoms with Crippen LogP contribution in [-0.4, -0.2) is 41.6 Å². The van der Waals surface area contributed by atoms with Crippen LogP contribution in [0, 0.1) is 11.3 Å². The van der Waals surface area contributed by atoms with Crippen LogP contribution < -0.4 is 5.32 Å². The van der Waals surface area contributed by atoms with E-state index in [1.807, 2.05) is 18.3 Å². The van der Waals surface area contributed by atoms with Crippen molar-refractivity contribution in [2.75, 3.05) is 20.1 Å². The molecule has 0 bridgehead atoms. The Morgan fingerprint density at radius 2 is 2.38 bits per heavy atom. The Morgan fingerprint density at radius 3 is 3.05 bits per heavy atom. The van der Waals surface area contributed by atoms with Gasteiger partial charge in [-0.15, -0.1) is 0 Å². The number of aromatic nitrogens is 1. The van der Waals surface area contributed by atoms with Crippen molar-refractivity contribution < 1.29 is 0 Å². The molecule has 1 N–H and O–H groups in total. The lowest BCUT2D eigenvalue weighted by Crippen LogP contribution is -2.52. The van der Waals surface area contributed by atoms with Gasteiger partial charge < -0.3 is 4.90 Å². The molecule has 114 valence electrons. The lowest BCUT2D eigenvalue weighted by Gasteiger charge is -2.40. The first-order valence-corrected chi connectivity index (χ1v) is 7.95. The first kappa shape index (κ1) is 15.9. The van der Waals surface area contributed by atoms with Crippen LogP contribution in [0.15, 0.2) is 24.4 Å². The molecule has 0 radical (unpaired) electrons. The number of nitrogens with one attached hydrogen (secondary N) is 1. The van der Waals surface area contributed by atoms with Crippen LogP contribution in [0.3, 0.4) is 0 Å². The molecule has 2 unspecified atom stereocenters. The highest BCUT2D eigenvalue weighted by atomic mass is 15.1. The van der Waals surface area contributed by atoms with Crippen LogP contribution in [0.1, 0.15) is 38.3 Å². The summed E-state index contributed by atoms with van der Waals surface area (Å²) in [4.78, 5) is 6.78. The molecule has 1 aliphatic carbocycles. The van der Waals surface area contributed by atoms with Crippen molar-refractivity contribution in [1.29, 1.82) is 5.26 Å². The average Bonchev–Trinajstić information content (AvgIpc) is 2.54. The van der Waals surface area contributed by atoms with Gasteiger partial charge in [0.1, 0.15) is 5.54 Å². The maximum absolute atomic E-state index is 9.54. The molecular weight excluding hydrogens is 260 g/mol. The fourth-order valence-corrected chi connectivity index (χ4v) is 3.28. The molecule has 4 nitrogen and oxygen atoms in total. The molecule has 4 heteroatoms. The maximum atomic E-state index is 9.54. The monoisotopic (exact) mass is 286 g/mol. The van der Waals surface area contributed by atoms with Crippen LogP contribution >= 0.6 is 0 Å². The van der Waals surface area contributed by atoms with E-state index in [0.29, 0.717) is 6.04 Å². The molecular formula is C17H26N4. The molecule has 21 heavy (non-hydrogen) atoms. The molecule has 2 rings (SSSR count). The highest BCUT2D eigenvalue weighted by Crippen LogP contribution is 2.30. The fraction of sp³-hybridized carbons (Fsp3) is 0.647. The summed E-state index contributed by atoms with van der Waals surface area (Å²) in [7, 11) is 2.17. The van der Waals surface area contributed by atoms with Crippen LogP contribution in [0.4, 0.5) is 0 Å². The van der Waals surface area contributed by atoms with Crippen LogP contribution in [0.2, 0.25) is 0 Å². The standard InChI is InChI=1S/C17H26N4/c1-3-20-17(14-18)10-6-8-16(13-17)21(2)12-9-15-7-4-5-11-19-15/h4-5,7,11,16,20H,3,6,8-10,12-13H2,1-2H3. The van der Waals surface area contributed by atoms with Crippen molar-refractivity contribution in [3.63, 3.8) is 0 Å². The molecule has 0 amide bonds. The van der Waals surface area contributed by atoms with E-state index in [4.69, 9.17) is 0 Å². The minimum absolute atomic E-state index is 0.322. The van der Waals surface area contributed by atoms with E-state index in [2.05, 4.69) is 41.3 Å². The van der Waals surface area contributed by atoms with Gasteiger partial charge in [-0.2, -0.15) is 5.26 Å². The van der Waals surface area contributed by atoms with Gasteiger partial charge in [0, 0.05) is 30.9 Å². The number of pyridine rings is 1. The lowest BCUT2D eigenvalue weighted by atomic mass is 9.79. The second kappa shape index (κ2) is 7.53. The zero-order chi connectivity index (χ0) is 15.1. The topological polar surface area (TPSA) is 52.0 Å². The van der Waals surface area contributed by atoms with Gasteiger partial charge in [-0.05, 0) is 51.4 Å². The van der Waals surface area contributed by atoms with Crippen molar-refractivity contribution in [3.05, 3.63) is 30.1 Å². The van der Waals surface area contributed by atoms with E-state index >= 15 is 0 Å². The fourth-order valence-electron chi connectivity index (χ4n) is 3.28. The van der Waals surface area contributed by atoms with Gasteiger partial charge in [0.25, 0.3) is 0 Å². The SMILES string of the molecule is CCNC1(C#N)CCCC(N(C)CCc2ccccn2)C1. The Bertz CT molecular complexity index is 463. The predicted octanol–water partition coefficient (Wildman–Crippen LogP) is 2.37. The van der Waals surface area contributed by atoms with Crippen molar-refractivity contribution in [1.82, 2.24) is 15.2 Å². The molecule has 0 aliphatic heterocycles. The lowest BCUT2D eigenvalue weighted by molar-refractivity contribution is 0.146. The quantitative estimate of drug-likeness (QED) is 0.872. The van der Waals surface area contributed by atoms with Gasteiger partial charge in [0.2, 0.25) is 0 Å². The van der Waals surface area contributed by atoms with Gasteiger partial charge >= 0.3 is 0 Å². The third-order valence-electron chi connectivity index (χ3n) is 4.52. The van der Waals surface area contributed by atoms with Crippen LogP contribution in [-0.2, 0) is 6.42 Å². The van der Waals surface area contributed by atoms with Crippen LogP contribution in [0.5, 0.6) is 0 Å². The number of hydrogen-bond acceptors (Lipinski definition) is 4. The van der Waals surface area contributed by atoms with Crippen LogP contribution in [0.25, 0.3) is 0 Å². The Morgan fingerprint density at radius 1 is 1.52 bits per heavy atom. The Labute approximate surface area is 128 Å². The molecule has 1 heterocycles. The summed E-state index contributed by atoms with van der Waals surface area (Å²) in [5, 5.41) is 12.9. The molecule has 1 aromatic heterocycles. The summed E-state index contributed by atoms with van der Waals surface area (Å²) in [5.41, 5.74) is 0.815. The first-order valence-electron chi connectivity index (χ1n) is 7.95.